The van der Waals surface area contributed by atoms with Crippen molar-refractivity contribution in [2.75, 3.05) is 19.9 Å². The van der Waals surface area contributed by atoms with Crippen molar-refractivity contribution in [1.82, 2.24) is 10.3 Å². The highest BCUT2D eigenvalue weighted by atomic mass is 32.1. The van der Waals surface area contributed by atoms with Gasteiger partial charge in [-0.15, -0.1) is 0 Å². The van der Waals surface area contributed by atoms with E-state index in [-0.39, 0.29) is 12.0 Å². The Kier molecular flexibility index (Phi) is 4.24. The molecule has 1 aliphatic heterocycles. The molecule has 92 valence electrons. The van der Waals surface area contributed by atoms with Crippen molar-refractivity contribution in [1.29, 1.82) is 0 Å². The van der Waals surface area contributed by atoms with Crippen LogP contribution in [-0.2, 0) is 9.47 Å². The number of amides is 1. The number of H-pyrrole nitrogens is 1. The number of nitrogens with one attached hydrogen (secondary N) is 2. The molecule has 1 atom stereocenters. The molecule has 1 saturated heterocycles. The van der Waals surface area contributed by atoms with Gasteiger partial charge in [0.1, 0.15) is 11.4 Å². The van der Waals surface area contributed by atoms with Crippen LogP contribution in [0.2, 0.25) is 0 Å². The summed E-state index contributed by atoms with van der Waals surface area (Å²) in [5.74, 6) is -0.179. The van der Waals surface area contributed by atoms with E-state index in [1.807, 2.05) is 0 Å². The predicted octanol–water partition coefficient (Wildman–Crippen LogP) is 1.24. The van der Waals surface area contributed by atoms with E-state index in [4.69, 9.17) is 21.7 Å². The standard InChI is InChI=1S/C11H14N2O3S/c14-10(9-2-1-4-12-11(9)17)13-6-8-3-5-15-7-16-8/h1-2,4,8H,3,5-7H2,(H,12,17)(H,13,14). The second-order valence-electron chi connectivity index (χ2n) is 3.73. The maximum atomic E-state index is 11.8. The van der Waals surface area contributed by atoms with Gasteiger partial charge in [0.25, 0.3) is 5.91 Å². The van der Waals surface area contributed by atoms with Gasteiger partial charge in [-0.2, -0.15) is 0 Å². The zero-order valence-corrected chi connectivity index (χ0v) is 10.1. The molecular formula is C11H14N2O3S. The summed E-state index contributed by atoms with van der Waals surface area (Å²) in [5.41, 5.74) is 0.481. The van der Waals surface area contributed by atoms with Crippen LogP contribution in [0.5, 0.6) is 0 Å². The molecule has 1 unspecified atom stereocenters. The summed E-state index contributed by atoms with van der Waals surface area (Å²) in [5, 5.41) is 2.80. The molecule has 1 aromatic heterocycles. The third kappa shape index (κ3) is 3.36. The number of pyridine rings is 1. The lowest BCUT2D eigenvalue weighted by Crippen LogP contribution is -2.37. The average molecular weight is 254 g/mol. The van der Waals surface area contributed by atoms with Crippen LogP contribution in [0.25, 0.3) is 0 Å². The molecule has 1 aromatic rings. The van der Waals surface area contributed by atoms with Crippen LogP contribution in [0, 0.1) is 4.64 Å². The summed E-state index contributed by atoms with van der Waals surface area (Å²) >= 11 is 5.03. The lowest BCUT2D eigenvalue weighted by Gasteiger charge is -2.22. The van der Waals surface area contributed by atoms with Crippen molar-refractivity contribution < 1.29 is 14.3 Å². The molecule has 1 fully saturated rings. The molecule has 2 heterocycles. The fourth-order valence-corrected chi connectivity index (χ4v) is 1.79. The monoisotopic (exact) mass is 254 g/mol. The zero-order valence-electron chi connectivity index (χ0n) is 9.27. The average Bonchev–Trinajstić information content (AvgIpc) is 2.38. The Morgan fingerprint density at radius 3 is 3.24 bits per heavy atom. The van der Waals surface area contributed by atoms with Crippen molar-refractivity contribution in [3.05, 3.63) is 28.5 Å². The number of carbonyl (C=O) groups is 1. The lowest BCUT2D eigenvalue weighted by atomic mass is 10.2. The van der Waals surface area contributed by atoms with E-state index in [0.29, 0.717) is 30.1 Å². The van der Waals surface area contributed by atoms with Gasteiger partial charge in [-0.3, -0.25) is 4.79 Å². The minimum atomic E-state index is -0.179. The topological polar surface area (TPSA) is 63.4 Å². The van der Waals surface area contributed by atoms with Gasteiger partial charge in [0.2, 0.25) is 0 Å². The van der Waals surface area contributed by atoms with Gasteiger partial charge in [0.15, 0.2) is 0 Å². The summed E-state index contributed by atoms with van der Waals surface area (Å²) in [7, 11) is 0. The molecule has 0 bridgehead atoms. The summed E-state index contributed by atoms with van der Waals surface area (Å²) < 4.78 is 10.8. The number of carbonyl (C=O) groups excluding carboxylic acids is 1. The van der Waals surface area contributed by atoms with E-state index in [1.165, 1.54) is 0 Å². The summed E-state index contributed by atoms with van der Waals surface area (Å²) in [6.45, 7) is 1.45. The van der Waals surface area contributed by atoms with E-state index in [0.717, 1.165) is 6.42 Å². The van der Waals surface area contributed by atoms with E-state index in [1.54, 1.807) is 18.3 Å². The third-order valence-electron chi connectivity index (χ3n) is 2.52. The number of hydrogen-bond donors (Lipinski definition) is 2. The van der Waals surface area contributed by atoms with Gasteiger partial charge in [-0.05, 0) is 18.6 Å². The van der Waals surface area contributed by atoms with E-state index in [2.05, 4.69) is 10.3 Å². The van der Waals surface area contributed by atoms with Crippen LogP contribution in [-0.4, -0.2) is 36.9 Å². The minimum Gasteiger partial charge on any atom is -0.355 e. The van der Waals surface area contributed by atoms with Crippen LogP contribution in [0.3, 0.4) is 0 Å². The molecule has 1 amide bonds. The van der Waals surface area contributed by atoms with Crippen LogP contribution < -0.4 is 5.32 Å². The molecule has 0 aromatic carbocycles. The summed E-state index contributed by atoms with van der Waals surface area (Å²) in [4.78, 5) is 14.6. The maximum Gasteiger partial charge on any atom is 0.254 e. The fraction of sp³-hybridized carbons (Fsp3) is 0.455. The number of ether oxygens (including phenoxy) is 2. The van der Waals surface area contributed by atoms with E-state index < -0.39 is 0 Å². The van der Waals surface area contributed by atoms with Crippen LogP contribution in [0.4, 0.5) is 0 Å². The molecular weight excluding hydrogens is 240 g/mol. The van der Waals surface area contributed by atoms with Crippen molar-refractivity contribution in [3.63, 3.8) is 0 Å². The first-order valence-electron chi connectivity index (χ1n) is 5.42. The maximum absolute atomic E-state index is 11.8. The van der Waals surface area contributed by atoms with Gasteiger partial charge in [-0.1, -0.05) is 12.2 Å². The Hall–Kier alpha value is -1.24. The van der Waals surface area contributed by atoms with Crippen LogP contribution >= 0.6 is 12.2 Å². The first-order chi connectivity index (χ1) is 8.27. The van der Waals surface area contributed by atoms with Gasteiger partial charge in [0.05, 0.1) is 18.3 Å². The SMILES string of the molecule is O=C(NCC1CCOCO1)c1ccc[nH]c1=S. The van der Waals surface area contributed by atoms with Crippen molar-refractivity contribution >= 4 is 18.1 Å². The van der Waals surface area contributed by atoms with E-state index >= 15 is 0 Å². The Bertz CT molecular complexity index is 440. The van der Waals surface area contributed by atoms with Crippen molar-refractivity contribution in [2.24, 2.45) is 0 Å². The first kappa shape index (κ1) is 12.2. The van der Waals surface area contributed by atoms with E-state index in [9.17, 15) is 4.79 Å². The zero-order chi connectivity index (χ0) is 12.1. The number of aromatic nitrogens is 1. The van der Waals surface area contributed by atoms with Gasteiger partial charge in [0, 0.05) is 12.7 Å². The van der Waals surface area contributed by atoms with Crippen LogP contribution in [0.15, 0.2) is 18.3 Å². The highest BCUT2D eigenvalue weighted by molar-refractivity contribution is 7.71. The smallest absolute Gasteiger partial charge is 0.254 e. The Morgan fingerprint density at radius 2 is 2.53 bits per heavy atom. The lowest BCUT2D eigenvalue weighted by molar-refractivity contribution is -0.136. The van der Waals surface area contributed by atoms with Crippen molar-refractivity contribution in [2.45, 2.75) is 12.5 Å². The second-order valence-corrected chi connectivity index (χ2v) is 4.13. The van der Waals surface area contributed by atoms with Gasteiger partial charge >= 0.3 is 0 Å². The fourth-order valence-electron chi connectivity index (χ4n) is 1.56. The van der Waals surface area contributed by atoms with Gasteiger partial charge in [-0.25, -0.2) is 0 Å². The molecule has 0 aliphatic carbocycles. The molecule has 0 spiro atoms. The molecule has 17 heavy (non-hydrogen) atoms. The predicted molar refractivity (Wildman–Crippen MR) is 64.3 cm³/mol. The number of hydrogen-bond acceptors (Lipinski definition) is 4. The third-order valence-corrected chi connectivity index (χ3v) is 2.86. The molecule has 1 aliphatic rings. The molecule has 6 heteroatoms. The molecule has 0 radical (unpaired) electrons. The number of rotatable bonds is 3. The number of aromatic amines is 1. The highest BCUT2D eigenvalue weighted by Gasteiger charge is 2.15. The summed E-state index contributed by atoms with van der Waals surface area (Å²) in [6.07, 6.45) is 2.51. The largest absolute Gasteiger partial charge is 0.355 e. The summed E-state index contributed by atoms with van der Waals surface area (Å²) in [6, 6.07) is 3.44. The normalized spacial score (nSPS) is 19.9. The quantitative estimate of drug-likeness (QED) is 0.797. The Balaban J connectivity index is 1.89. The minimum absolute atomic E-state index is 0.0222. The molecule has 2 rings (SSSR count). The Labute approximate surface area is 104 Å². The highest BCUT2D eigenvalue weighted by Crippen LogP contribution is 2.05. The van der Waals surface area contributed by atoms with Gasteiger partial charge < -0.3 is 19.8 Å². The molecule has 5 nitrogen and oxygen atoms in total. The first-order valence-corrected chi connectivity index (χ1v) is 5.83. The van der Waals surface area contributed by atoms with Crippen LogP contribution in [0.1, 0.15) is 16.8 Å². The van der Waals surface area contributed by atoms with Crippen molar-refractivity contribution in [3.8, 4) is 0 Å². The second kappa shape index (κ2) is 5.90. The molecule has 2 N–H and O–H groups in total. The Morgan fingerprint density at radius 1 is 1.65 bits per heavy atom. The molecule has 0 saturated carbocycles.